The summed E-state index contributed by atoms with van der Waals surface area (Å²) in [4.78, 5) is 0. The average Bonchev–Trinajstić information content (AvgIpc) is 2.29. The third-order valence-corrected chi connectivity index (χ3v) is 3.06. The van der Waals surface area contributed by atoms with Crippen LogP contribution in [0.25, 0.3) is 0 Å². The van der Waals surface area contributed by atoms with Crippen molar-refractivity contribution in [1.29, 1.82) is 0 Å². The molecule has 0 aromatic carbocycles. The minimum atomic E-state index is -0.967. The van der Waals surface area contributed by atoms with Gasteiger partial charge in [-0.2, -0.15) is 0 Å². The van der Waals surface area contributed by atoms with Crippen molar-refractivity contribution in [2.24, 2.45) is 5.73 Å². The van der Waals surface area contributed by atoms with Crippen LogP contribution in [0.1, 0.15) is 32.1 Å². The fourth-order valence-electron chi connectivity index (χ4n) is 2.07. The first-order valence-electron chi connectivity index (χ1n) is 6.01. The summed E-state index contributed by atoms with van der Waals surface area (Å²) in [7, 11) is 0. The number of aliphatic hydroxyl groups excluding tert-OH is 3. The van der Waals surface area contributed by atoms with E-state index in [2.05, 4.69) is 0 Å². The van der Waals surface area contributed by atoms with Gasteiger partial charge in [0.05, 0.1) is 18.8 Å². The molecule has 96 valence electrons. The molecule has 0 aliphatic carbocycles. The van der Waals surface area contributed by atoms with E-state index in [1.165, 1.54) is 0 Å². The Kier molecular flexibility index (Phi) is 6.23. The number of hydrogen-bond donors (Lipinski definition) is 4. The Morgan fingerprint density at radius 2 is 1.94 bits per heavy atom. The molecule has 0 radical (unpaired) electrons. The largest absolute Gasteiger partial charge is 0.394 e. The van der Waals surface area contributed by atoms with Gasteiger partial charge in [0.1, 0.15) is 12.2 Å². The monoisotopic (exact) mass is 233 g/mol. The second kappa shape index (κ2) is 7.19. The molecule has 4 atom stereocenters. The molecule has 0 saturated carbocycles. The summed E-state index contributed by atoms with van der Waals surface area (Å²) in [6.07, 6.45) is 1.89. The molecule has 0 aromatic heterocycles. The molecule has 1 rings (SSSR count). The molecule has 1 fully saturated rings. The van der Waals surface area contributed by atoms with Crippen LogP contribution in [-0.4, -0.2) is 52.9 Å². The van der Waals surface area contributed by atoms with E-state index in [1.54, 1.807) is 0 Å². The molecule has 0 aromatic rings. The van der Waals surface area contributed by atoms with Gasteiger partial charge in [0.2, 0.25) is 0 Å². The van der Waals surface area contributed by atoms with E-state index in [4.69, 9.17) is 15.6 Å². The Bertz CT molecular complexity index is 191. The number of aliphatic hydroxyl groups is 3. The zero-order chi connectivity index (χ0) is 12.0. The zero-order valence-corrected chi connectivity index (χ0v) is 9.59. The fraction of sp³-hybridized carbons (Fsp3) is 1.00. The van der Waals surface area contributed by atoms with Crippen LogP contribution in [0.15, 0.2) is 0 Å². The summed E-state index contributed by atoms with van der Waals surface area (Å²) in [5.74, 6) is 0. The van der Waals surface area contributed by atoms with Gasteiger partial charge in [0.15, 0.2) is 0 Å². The van der Waals surface area contributed by atoms with Crippen LogP contribution in [0, 0.1) is 0 Å². The van der Waals surface area contributed by atoms with Crippen LogP contribution < -0.4 is 5.73 Å². The van der Waals surface area contributed by atoms with Crippen molar-refractivity contribution in [2.45, 2.75) is 56.5 Å². The van der Waals surface area contributed by atoms with Crippen molar-refractivity contribution in [2.75, 3.05) is 13.2 Å². The number of hydrogen-bond acceptors (Lipinski definition) is 5. The van der Waals surface area contributed by atoms with Gasteiger partial charge >= 0.3 is 0 Å². The maximum Gasteiger partial charge on any atom is 0.109 e. The van der Waals surface area contributed by atoms with Gasteiger partial charge in [-0.05, 0) is 19.4 Å². The molecule has 1 unspecified atom stereocenters. The van der Waals surface area contributed by atoms with Crippen LogP contribution in [-0.2, 0) is 4.74 Å². The first kappa shape index (κ1) is 13.9. The predicted octanol–water partition coefficient (Wildman–Crippen LogP) is -0.623. The molecule has 5 heteroatoms. The molecule has 1 aliphatic heterocycles. The predicted molar refractivity (Wildman–Crippen MR) is 59.9 cm³/mol. The second-order valence-electron chi connectivity index (χ2n) is 4.41. The van der Waals surface area contributed by atoms with Crippen LogP contribution >= 0.6 is 0 Å². The fourth-order valence-corrected chi connectivity index (χ4v) is 2.07. The summed E-state index contributed by atoms with van der Waals surface area (Å²) in [5, 5.41) is 28.1. The van der Waals surface area contributed by atoms with Gasteiger partial charge in [-0.25, -0.2) is 0 Å². The third-order valence-electron chi connectivity index (χ3n) is 3.06. The lowest BCUT2D eigenvalue weighted by atomic mass is 9.95. The van der Waals surface area contributed by atoms with Crippen molar-refractivity contribution < 1.29 is 20.1 Å². The van der Waals surface area contributed by atoms with Crippen molar-refractivity contribution in [3.8, 4) is 0 Å². The smallest absolute Gasteiger partial charge is 0.109 e. The number of ether oxygens (including phenoxy) is 1. The van der Waals surface area contributed by atoms with E-state index >= 15 is 0 Å². The van der Waals surface area contributed by atoms with Gasteiger partial charge in [-0.1, -0.05) is 12.8 Å². The van der Waals surface area contributed by atoms with E-state index in [0.29, 0.717) is 13.0 Å². The SMILES string of the molecule is NCCCCCC1C[C@@H](O)[C@H](O)[C@@H](CO)O1. The number of rotatable bonds is 6. The highest BCUT2D eigenvalue weighted by Crippen LogP contribution is 2.23. The molecule has 0 spiro atoms. The molecule has 1 heterocycles. The molecule has 5 nitrogen and oxygen atoms in total. The molecule has 5 N–H and O–H groups in total. The van der Waals surface area contributed by atoms with Gasteiger partial charge in [-0.3, -0.25) is 0 Å². The maximum atomic E-state index is 9.59. The quantitative estimate of drug-likeness (QED) is 0.458. The highest BCUT2D eigenvalue weighted by atomic mass is 16.5. The molecular formula is C11H23NO4. The van der Waals surface area contributed by atoms with Crippen molar-refractivity contribution >= 4 is 0 Å². The molecule has 0 bridgehead atoms. The van der Waals surface area contributed by atoms with Gasteiger partial charge in [0.25, 0.3) is 0 Å². The van der Waals surface area contributed by atoms with Crippen LogP contribution in [0.4, 0.5) is 0 Å². The lowest BCUT2D eigenvalue weighted by molar-refractivity contribution is -0.181. The summed E-state index contributed by atoms with van der Waals surface area (Å²) in [5.41, 5.74) is 5.39. The zero-order valence-electron chi connectivity index (χ0n) is 9.59. The third kappa shape index (κ3) is 3.99. The average molecular weight is 233 g/mol. The van der Waals surface area contributed by atoms with E-state index in [9.17, 15) is 10.2 Å². The Labute approximate surface area is 96.2 Å². The number of nitrogens with two attached hydrogens (primary N) is 1. The van der Waals surface area contributed by atoms with Crippen molar-refractivity contribution in [3.05, 3.63) is 0 Å². The van der Waals surface area contributed by atoms with E-state index in [-0.39, 0.29) is 12.7 Å². The standard InChI is InChI=1S/C11H23NO4/c12-5-3-1-2-4-8-6-9(14)11(15)10(7-13)16-8/h8-11,13-15H,1-7,12H2/t8?,9-,10-,11+/m1/s1. The molecule has 1 saturated heterocycles. The topological polar surface area (TPSA) is 95.9 Å². The van der Waals surface area contributed by atoms with Crippen LogP contribution in [0.3, 0.4) is 0 Å². The van der Waals surface area contributed by atoms with Crippen molar-refractivity contribution in [3.63, 3.8) is 0 Å². The summed E-state index contributed by atoms with van der Waals surface area (Å²) in [6, 6.07) is 0. The minimum Gasteiger partial charge on any atom is -0.394 e. The number of unbranched alkanes of at least 4 members (excludes halogenated alkanes) is 2. The maximum absolute atomic E-state index is 9.59. The Hall–Kier alpha value is -0.200. The van der Waals surface area contributed by atoms with E-state index in [1.807, 2.05) is 0 Å². The van der Waals surface area contributed by atoms with Gasteiger partial charge in [-0.15, -0.1) is 0 Å². The van der Waals surface area contributed by atoms with Crippen molar-refractivity contribution in [1.82, 2.24) is 0 Å². The Morgan fingerprint density at radius 3 is 2.56 bits per heavy atom. The summed E-state index contributed by atoms with van der Waals surface area (Å²) < 4.78 is 5.51. The molecule has 0 amide bonds. The molecular weight excluding hydrogens is 210 g/mol. The first-order chi connectivity index (χ1) is 7.69. The van der Waals surface area contributed by atoms with Gasteiger partial charge in [0, 0.05) is 6.42 Å². The summed E-state index contributed by atoms with van der Waals surface area (Å²) >= 11 is 0. The van der Waals surface area contributed by atoms with Crippen LogP contribution in [0.5, 0.6) is 0 Å². The first-order valence-corrected chi connectivity index (χ1v) is 6.01. The Balaban J connectivity index is 2.27. The van der Waals surface area contributed by atoms with Gasteiger partial charge < -0.3 is 25.8 Å². The second-order valence-corrected chi connectivity index (χ2v) is 4.41. The van der Waals surface area contributed by atoms with E-state index in [0.717, 1.165) is 25.7 Å². The Morgan fingerprint density at radius 1 is 1.19 bits per heavy atom. The van der Waals surface area contributed by atoms with E-state index < -0.39 is 18.3 Å². The normalized spacial score (nSPS) is 35.2. The lowest BCUT2D eigenvalue weighted by Gasteiger charge is -2.36. The lowest BCUT2D eigenvalue weighted by Crippen LogP contribution is -2.49. The minimum absolute atomic E-state index is 0.0617. The molecule has 1 aliphatic rings. The summed E-state index contributed by atoms with van der Waals surface area (Å²) in [6.45, 7) is 0.448. The highest BCUT2D eigenvalue weighted by molar-refractivity contribution is 4.84. The van der Waals surface area contributed by atoms with Crippen LogP contribution in [0.2, 0.25) is 0 Å². The molecule has 16 heavy (non-hydrogen) atoms. The highest BCUT2D eigenvalue weighted by Gasteiger charge is 2.35.